The second-order valence-corrected chi connectivity index (χ2v) is 5.50. The van der Waals surface area contributed by atoms with Crippen LogP contribution in [0.15, 0.2) is 60.8 Å². The van der Waals surface area contributed by atoms with E-state index in [1.807, 2.05) is 6.20 Å². The van der Waals surface area contributed by atoms with Crippen LogP contribution >= 0.6 is 0 Å². The molecule has 4 rings (SSSR count). The molecule has 2 aromatic heterocycles. The minimum absolute atomic E-state index is 0.982. The highest BCUT2D eigenvalue weighted by atomic mass is 15.1. The van der Waals surface area contributed by atoms with Crippen molar-refractivity contribution in [2.75, 3.05) is 0 Å². The SMILES string of the molecule is Cc1cnc(-n2c3ccccc3c3ccccc32)cc1C. The lowest BCUT2D eigenvalue weighted by molar-refractivity contribution is 1.06. The Morgan fingerprint density at radius 1 is 0.762 bits per heavy atom. The van der Waals surface area contributed by atoms with Crippen LogP contribution in [0, 0.1) is 13.8 Å². The number of aryl methyl sites for hydroxylation is 2. The van der Waals surface area contributed by atoms with Crippen LogP contribution in [0.1, 0.15) is 11.1 Å². The molecule has 21 heavy (non-hydrogen) atoms. The van der Waals surface area contributed by atoms with Crippen molar-refractivity contribution >= 4 is 21.8 Å². The molecule has 2 heterocycles. The predicted octanol–water partition coefficient (Wildman–Crippen LogP) is 4.80. The fraction of sp³-hybridized carbons (Fsp3) is 0.105. The molecular weight excluding hydrogens is 256 g/mol. The lowest BCUT2D eigenvalue weighted by Gasteiger charge is -2.08. The van der Waals surface area contributed by atoms with Gasteiger partial charge in [0.25, 0.3) is 0 Å². The molecule has 0 aliphatic heterocycles. The number of aromatic nitrogens is 2. The maximum atomic E-state index is 4.64. The molecule has 0 atom stereocenters. The quantitative estimate of drug-likeness (QED) is 0.487. The molecule has 2 aromatic carbocycles. The summed E-state index contributed by atoms with van der Waals surface area (Å²) < 4.78 is 2.25. The topological polar surface area (TPSA) is 17.8 Å². The van der Waals surface area contributed by atoms with Gasteiger partial charge in [0.05, 0.1) is 11.0 Å². The van der Waals surface area contributed by atoms with Gasteiger partial charge in [0.1, 0.15) is 5.82 Å². The molecule has 0 aliphatic carbocycles. The summed E-state index contributed by atoms with van der Waals surface area (Å²) in [4.78, 5) is 4.64. The van der Waals surface area contributed by atoms with Crippen LogP contribution in [0.5, 0.6) is 0 Å². The van der Waals surface area contributed by atoms with Gasteiger partial charge in [-0.2, -0.15) is 0 Å². The number of fused-ring (bicyclic) bond motifs is 3. The number of nitrogens with zero attached hydrogens (tertiary/aromatic N) is 2. The highest BCUT2D eigenvalue weighted by Gasteiger charge is 2.12. The van der Waals surface area contributed by atoms with Gasteiger partial charge in [-0.15, -0.1) is 0 Å². The lowest BCUT2D eigenvalue weighted by atomic mass is 10.2. The van der Waals surface area contributed by atoms with Crippen molar-refractivity contribution in [1.29, 1.82) is 0 Å². The van der Waals surface area contributed by atoms with Crippen molar-refractivity contribution in [2.45, 2.75) is 13.8 Å². The first-order valence-corrected chi connectivity index (χ1v) is 7.17. The Hall–Kier alpha value is -2.61. The first kappa shape index (κ1) is 12.2. The molecule has 0 saturated carbocycles. The van der Waals surface area contributed by atoms with Crippen LogP contribution in [0.25, 0.3) is 27.6 Å². The fourth-order valence-corrected chi connectivity index (χ4v) is 2.90. The monoisotopic (exact) mass is 272 g/mol. The molecule has 0 amide bonds. The first-order chi connectivity index (χ1) is 10.3. The second kappa shape index (κ2) is 4.45. The van der Waals surface area contributed by atoms with E-state index in [4.69, 9.17) is 0 Å². The molecule has 0 bridgehead atoms. The van der Waals surface area contributed by atoms with Gasteiger partial charge in [-0.1, -0.05) is 36.4 Å². The Morgan fingerprint density at radius 2 is 1.33 bits per heavy atom. The van der Waals surface area contributed by atoms with Gasteiger partial charge in [0.15, 0.2) is 0 Å². The lowest BCUT2D eigenvalue weighted by Crippen LogP contribution is -1.98. The summed E-state index contributed by atoms with van der Waals surface area (Å²) >= 11 is 0. The molecule has 0 aliphatic rings. The van der Waals surface area contributed by atoms with E-state index in [9.17, 15) is 0 Å². The Balaban J connectivity index is 2.17. The Labute approximate surface area is 123 Å². The molecule has 2 heteroatoms. The number of hydrogen-bond acceptors (Lipinski definition) is 1. The summed E-state index contributed by atoms with van der Waals surface area (Å²) in [5.41, 5.74) is 4.89. The predicted molar refractivity (Wildman–Crippen MR) is 88.1 cm³/mol. The molecule has 4 aromatic rings. The smallest absolute Gasteiger partial charge is 0.137 e. The average Bonchev–Trinajstić information content (AvgIpc) is 2.85. The first-order valence-electron chi connectivity index (χ1n) is 7.17. The molecule has 0 radical (unpaired) electrons. The Bertz CT molecular complexity index is 911. The maximum Gasteiger partial charge on any atom is 0.137 e. The highest BCUT2D eigenvalue weighted by molar-refractivity contribution is 6.09. The van der Waals surface area contributed by atoms with Crippen molar-refractivity contribution in [3.05, 3.63) is 71.9 Å². The van der Waals surface area contributed by atoms with Crippen LogP contribution in [-0.2, 0) is 0 Å². The summed E-state index contributed by atoms with van der Waals surface area (Å²) in [5.74, 6) is 0.982. The molecule has 0 fully saturated rings. The summed E-state index contributed by atoms with van der Waals surface area (Å²) in [5, 5.41) is 2.54. The number of rotatable bonds is 1. The summed E-state index contributed by atoms with van der Waals surface area (Å²) in [6.45, 7) is 4.23. The average molecular weight is 272 g/mol. The highest BCUT2D eigenvalue weighted by Crippen LogP contribution is 2.31. The van der Waals surface area contributed by atoms with Gasteiger partial charge in [-0.25, -0.2) is 4.98 Å². The van der Waals surface area contributed by atoms with Crippen LogP contribution in [0.3, 0.4) is 0 Å². The van der Waals surface area contributed by atoms with Crippen LogP contribution < -0.4 is 0 Å². The third-order valence-corrected chi connectivity index (χ3v) is 4.17. The van der Waals surface area contributed by atoms with Crippen LogP contribution in [0.2, 0.25) is 0 Å². The minimum Gasteiger partial charge on any atom is -0.294 e. The molecule has 102 valence electrons. The van der Waals surface area contributed by atoms with Crippen molar-refractivity contribution in [3.63, 3.8) is 0 Å². The third kappa shape index (κ3) is 1.76. The van der Waals surface area contributed by atoms with Crippen molar-refractivity contribution in [1.82, 2.24) is 9.55 Å². The largest absolute Gasteiger partial charge is 0.294 e. The van der Waals surface area contributed by atoms with Crippen LogP contribution in [-0.4, -0.2) is 9.55 Å². The van der Waals surface area contributed by atoms with E-state index in [-0.39, 0.29) is 0 Å². The fourth-order valence-electron chi connectivity index (χ4n) is 2.90. The zero-order valence-corrected chi connectivity index (χ0v) is 12.2. The van der Waals surface area contributed by atoms with Gasteiger partial charge in [0.2, 0.25) is 0 Å². The molecule has 0 N–H and O–H groups in total. The molecule has 2 nitrogen and oxygen atoms in total. The number of pyridine rings is 1. The van der Waals surface area contributed by atoms with Crippen molar-refractivity contribution in [2.24, 2.45) is 0 Å². The van der Waals surface area contributed by atoms with Crippen LogP contribution in [0.4, 0.5) is 0 Å². The van der Waals surface area contributed by atoms with E-state index in [2.05, 4.69) is 78.0 Å². The molecule has 0 spiro atoms. The number of para-hydroxylation sites is 2. The zero-order chi connectivity index (χ0) is 14.4. The van der Waals surface area contributed by atoms with E-state index in [1.165, 1.54) is 32.9 Å². The molecule has 0 saturated heterocycles. The van der Waals surface area contributed by atoms with Gasteiger partial charge >= 0.3 is 0 Å². The van der Waals surface area contributed by atoms with Gasteiger partial charge in [-0.3, -0.25) is 4.57 Å². The molecular formula is C19H16N2. The summed E-state index contributed by atoms with van der Waals surface area (Å²) in [7, 11) is 0. The van der Waals surface area contributed by atoms with E-state index >= 15 is 0 Å². The minimum atomic E-state index is 0.982. The van der Waals surface area contributed by atoms with Crippen molar-refractivity contribution in [3.8, 4) is 5.82 Å². The Morgan fingerprint density at radius 3 is 1.90 bits per heavy atom. The number of hydrogen-bond donors (Lipinski definition) is 0. The second-order valence-electron chi connectivity index (χ2n) is 5.50. The van der Waals surface area contributed by atoms with Gasteiger partial charge in [-0.05, 0) is 43.2 Å². The summed E-state index contributed by atoms with van der Waals surface area (Å²) in [6, 6.07) is 19.2. The van der Waals surface area contributed by atoms with E-state index in [0.29, 0.717) is 0 Å². The third-order valence-electron chi connectivity index (χ3n) is 4.17. The standard InChI is InChI=1S/C19H16N2/c1-13-11-19(20-12-14(13)2)21-17-9-5-3-7-15(17)16-8-4-6-10-18(16)21/h3-12H,1-2H3. The van der Waals surface area contributed by atoms with Crippen molar-refractivity contribution < 1.29 is 0 Å². The van der Waals surface area contributed by atoms with Gasteiger partial charge in [0, 0.05) is 17.0 Å². The normalized spacial score (nSPS) is 11.3. The summed E-state index contributed by atoms with van der Waals surface area (Å²) in [6.07, 6.45) is 1.95. The van der Waals surface area contributed by atoms with E-state index in [1.54, 1.807) is 0 Å². The number of benzene rings is 2. The Kier molecular flexibility index (Phi) is 2.58. The van der Waals surface area contributed by atoms with E-state index < -0.39 is 0 Å². The van der Waals surface area contributed by atoms with Gasteiger partial charge < -0.3 is 0 Å². The maximum absolute atomic E-state index is 4.64. The molecule has 0 unspecified atom stereocenters. The van der Waals surface area contributed by atoms with E-state index in [0.717, 1.165) is 5.82 Å². The zero-order valence-electron chi connectivity index (χ0n) is 12.2.